The number of nitrogens with one attached hydrogen (secondary N) is 1. The van der Waals surface area contributed by atoms with Gasteiger partial charge < -0.3 is 14.5 Å². The van der Waals surface area contributed by atoms with Gasteiger partial charge >= 0.3 is 5.97 Å². The van der Waals surface area contributed by atoms with E-state index in [1.165, 1.54) is 11.3 Å². The molecule has 0 aliphatic carbocycles. The van der Waals surface area contributed by atoms with Crippen molar-refractivity contribution in [2.45, 2.75) is 13.0 Å². The Hall–Kier alpha value is -2.83. The fourth-order valence-electron chi connectivity index (χ4n) is 2.91. The Morgan fingerprint density at radius 1 is 1.18 bits per heavy atom. The summed E-state index contributed by atoms with van der Waals surface area (Å²) in [5.74, 6) is -0.398. The molecule has 1 amide bonds. The number of benzene rings is 2. The van der Waals surface area contributed by atoms with Crippen molar-refractivity contribution in [2.24, 2.45) is 0 Å². The second-order valence-electron chi connectivity index (χ2n) is 6.29. The van der Waals surface area contributed by atoms with E-state index in [1.54, 1.807) is 6.92 Å². The second kappa shape index (κ2) is 7.66. The van der Waals surface area contributed by atoms with Crippen LogP contribution in [0.25, 0.3) is 21.1 Å². The van der Waals surface area contributed by atoms with Gasteiger partial charge in [-0.15, -0.1) is 11.3 Å². The van der Waals surface area contributed by atoms with Crippen LogP contribution in [0.15, 0.2) is 59.0 Å². The quantitative estimate of drug-likeness (QED) is 0.448. The molecule has 28 heavy (non-hydrogen) atoms. The Morgan fingerprint density at radius 3 is 2.71 bits per heavy atom. The van der Waals surface area contributed by atoms with Gasteiger partial charge in [-0.05, 0) is 25.1 Å². The number of thiophene rings is 1. The minimum atomic E-state index is -0.613. The highest BCUT2D eigenvalue weighted by Gasteiger charge is 2.20. The zero-order valence-electron chi connectivity index (χ0n) is 14.9. The molecule has 0 saturated heterocycles. The Morgan fingerprint density at radius 2 is 1.93 bits per heavy atom. The van der Waals surface area contributed by atoms with Crippen molar-refractivity contribution in [3.8, 4) is 0 Å². The van der Waals surface area contributed by atoms with Gasteiger partial charge in [-0.2, -0.15) is 0 Å². The third-order valence-corrected chi connectivity index (χ3v) is 5.96. The minimum Gasteiger partial charge on any atom is -0.459 e. The van der Waals surface area contributed by atoms with Gasteiger partial charge in [-0.3, -0.25) is 4.79 Å². The third-order valence-electron chi connectivity index (χ3n) is 4.30. The number of para-hydroxylation sites is 1. The van der Waals surface area contributed by atoms with Gasteiger partial charge in [0.1, 0.15) is 16.2 Å². The van der Waals surface area contributed by atoms with Gasteiger partial charge in [0.2, 0.25) is 0 Å². The number of halogens is 1. The molecule has 5 nitrogen and oxygen atoms in total. The van der Waals surface area contributed by atoms with Crippen LogP contribution in [0.3, 0.4) is 0 Å². The van der Waals surface area contributed by atoms with Gasteiger partial charge in [0, 0.05) is 15.5 Å². The molecule has 7 heteroatoms. The highest BCUT2D eigenvalue weighted by molar-refractivity contribution is 7.21. The summed E-state index contributed by atoms with van der Waals surface area (Å²) < 4.78 is 11.8. The van der Waals surface area contributed by atoms with E-state index >= 15 is 0 Å². The van der Waals surface area contributed by atoms with Crippen LogP contribution in [0, 0.1) is 0 Å². The van der Waals surface area contributed by atoms with Gasteiger partial charge in [0.25, 0.3) is 5.91 Å². The van der Waals surface area contributed by atoms with Crippen LogP contribution in [0.1, 0.15) is 28.4 Å². The molecule has 1 atom stereocenters. The Kier molecular flexibility index (Phi) is 5.07. The summed E-state index contributed by atoms with van der Waals surface area (Å²) in [6, 6.07) is 16.6. The SMILES string of the molecule is C[C@H](NC(=O)COC(=O)c1sc2ccccc2c1Cl)c1cc2ccccc2o1. The molecule has 4 rings (SSSR count). The summed E-state index contributed by atoms with van der Waals surface area (Å²) >= 11 is 7.51. The lowest BCUT2D eigenvalue weighted by Gasteiger charge is -2.11. The number of furan rings is 1. The van der Waals surface area contributed by atoms with Crippen molar-refractivity contribution in [1.82, 2.24) is 5.32 Å². The first-order chi connectivity index (χ1) is 13.5. The Bertz CT molecular complexity index is 1150. The highest BCUT2D eigenvalue weighted by atomic mass is 35.5. The summed E-state index contributed by atoms with van der Waals surface area (Å²) in [5.41, 5.74) is 0.754. The van der Waals surface area contributed by atoms with Gasteiger partial charge in [0.05, 0.1) is 11.1 Å². The zero-order chi connectivity index (χ0) is 19.7. The maximum Gasteiger partial charge on any atom is 0.350 e. The lowest BCUT2D eigenvalue weighted by atomic mass is 10.2. The second-order valence-corrected chi connectivity index (χ2v) is 7.72. The number of hydrogen-bond donors (Lipinski definition) is 1. The normalized spacial score (nSPS) is 12.2. The third kappa shape index (κ3) is 3.61. The number of ether oxygens (including phenoxy) is 1. The molecular formula is C21H16ClNO4S. The molecule has 2 heterocycles. The predicted octanol–water partition coefficient (Wildman–Crippen LogP) is 5.34. The minimum absolute atomic E-state index is 0.293. The van der Waals surface area contributed by atoms with E-state index in [0.717, 1.165) is 21.1 Å². The smallest absolute Gasteiger partial charge is 0.350 e. The van der Waals surface area contributed by atoms with Gasteiger partial charge in [0.15, 0.2) is 6.61 Å². The number of fused-ring (bicyclic) bond motifs is 2. The average Bonchev–Trinajstić information content (AvgIpc) is 3.28. The first-order valence-corrected chi connectivity index (χ1v) is 9.84. The molecule has 0 saturated carbocycles. The van der Waals surface area contributed by atoms with Crippen LogP contribution in [0.5, 0.6) is 0 Å². The number of esters is 1. The predicted molar refractivity (Wildman–Crippen MR) is 110 cm³/mol. The Balaban J connectivity index is 1.38. The van der Waals surface area contributed by atoms with E-state index in [9.17, 15) is 9.59 Å². The zero-order valence-corrected chi connectivity index (χ0v) is 16.5. The van der Waals surface area contributed by atoms with Crippen molar-refractivity contribution in [2.75, 3.05) is 6.61 Å². The molecule has 2 aromatic heterocycles. The van der Waals surface area contributed by atoms with Crippen LogP contribution in [-0.2, 0) is 9.53 Å². The number of carbonyl (C=O) groups excluding carboxylic acids is 2. The fourth-order valence-corrected chi connectivity index (χ4v) is 4.31. The van der Waals surface area contributed by atoms with E-state index in [2.05, 4.69) is 5.32 Å². The molecule has 4 aromatic rings. The first kappa shape index (κ1) is 18.5. The van der Waals surface area contributed by atoms with Crippen molar-refractivity contribution in [3.05, 3.63) is 70.3 Å². The van der Waals surface area contributed by atoms with E-state index in [-0.39, 0.29) is 6.04 Å². The number of amides is 1. The highest BCUT2D eigenvalue weighted by Crippen LogP contribution is 2.35. The summed E-state index contributed by atoms with van der Waals surface area (Å²) in [6.07, 6.45) is 0. The van der Waals surface area contributed by atoms with Crippen molar-refractivity contribution in [1.29, 1.82) is 0 Å². The maximum absolute atomic E-state index is 12.3. The van der Waals surface area contributed by atoms with Crippen LogP contribution >= 0.6 is 22.9 Å². The first-order valence-electron chi connectivity index (χ1n) is 8.65. The lowest BCUT2D eigenvalue weighted by Crippen LogP contribution is -2.30. The molecule has 0 aliphatic heterocycles. The van der Waals surface area contributed by atoms with Gasteiger partial charge in [-0.1, -0.05) is 48.0 Å². The maximum atomic E-state index is 12.3. The molecule has 2 aromatic carbocycles. The largest absolute Gasteiger partial charge is 0.459 e. The van der Waals surface area contributed by atoms with Crippen LogP contribution in [-0.4, -0.2) is 18.5 Å². The molecular weight excluding hydrogens is 398 g/mol. The number of carbonyl (C=O) groups is 2. The molecule has 0 aliphatic rings. The molecule has 0 spiro atoms. The molecule has 0 unspecified atom stereocenters. The standard InChI is InChI=1S/C21H16ClNO4S/c1-12(16-10-13-6-2-4-8-15(13)27-16)23-18(24)11-26-21(25)20-19(22)14-7-3-5-9-17(14)28-20/h2-10,12H,11H2,1H3,(H,23,24)/t12-/m0/s1. The lowest BCUT2D eigenvalue weighted by molar-refractivity contribution is -0.125. The fraction of sp³-hybridized carbons (Fsp3) is 0.143. The van der Waals surface area contributed by atoms with E-state index in [0.29, 0.717) is 15.7 Å². The van der Waals surface area contributed by atoms with Gasteiger partial charge in [-0.25, -0.2) is 4.79 Å². The molecule has 0 bridgehead atoms. The molecule has 0 radical (unpaired) electrons. The Labute approximate surface area is 169 Å². The number of rotatable bonds is 5. The van der Waals surface area contributed by atoms with E-state index in [1.807, 2.05) is 54.6 Å². The molecule has 0 fully saturated rings. The van der Waals surface area contributed by atoms with Crippen LogP contribution in [0.4, 0.5) is 0 Å². The van der Waals surface area contributed by atoms with Crippen molar-refractivity contribution in [3.63, 3.8) is 0 Å². The summed E-state index contributed by atoms with van der Waals surface area (Å²) in [5, 5.41) is 4.87. The van der Waals surface area contributed by atoms with E-state index in [4.69, 9.17) is 20.8 Å². The average molecular weight is 414 g/mol. The van der Waals surface area contributed by atoms with E-state index < -0.39 is 18.5 Å². The summed E-state index contributed by atoms with van der Waals surface area (Å²) in [6.45, 7) is 1.41. The van der Waals surface area contributed by atoms with Crippen LogP contribution in [0.2, 0.25) is 5.02 Å². The van der Waals surface area contributed by atoms with Crippen molar-refractivity contribution < 1.29 is 18.7 Å². The molecule has 142 valence electrons. The summed E-state index contributed by atoms with van der Waals surface area (Å²) in [7, 11) is 0. The summed E-state index contributed by atoms with van der Waals surface area (Å²) in [4.78, 5) is 24.8. The molecule has 1 N–H and O–H groups in total. The van der Waals surface area contributed by atoms with Crippen molar-refractivity contribution >= 4 is 55.9 Å². The number of hydrogen-bond acceptors (Lipinski definition) is 5. The van der Waals surface area contributed by atoms with Crippen LogP contribution < -0.4 is 5.32 Å². The topological polar surface area (TPSA) is 68.5 Å². The monoisotopic (exact) mass is 413 g/mol.